The molecule has 0 heterocycles. The van der Waals surface area contributed by atoms with Crippen LogP contribution in [0.1, 0.15) is 33.3 Å². The van der Waals surface area contributed by atoms with E-state index in [1.807, 2.05) is 58.0 Å². The summed E-state index contributed by atoms with van der Waals surface area (Å²) < 4.78 is 0. The van der Waals surface area contributed by atoms with Gasteiger partial charge in [-0.15, -0.1) is 0 Å². The van der Waals surface area contributed by atoms with E-state index < -0.39 is 0 Å². The summed E-state index contributed by atoms with van der Waals surface area (Å²) in [5, 5.41) is 0. The van der Waals surface area contributed by atoms with Crippen LogP contribution in [-0.2, 0) is 0 Å². The molecule has 0 aliphatic rings. The topological polar surface area (TPSA) is 3.24 Å². The Morgan fingerprint density at radius 1 is 0.792 bits per heavy atom. The van der Waals surface area contributed by atoms with Crippen molar-refractivity contribution >= 4 is 11.4 Å². The number of rotatable bonds is 5. The smallest absolute Gasteiger partial charge is 0.0461 e. The van der Waals surface area contributed by atoms with E-state index in [1.165, 1.54) is 5.56 Å². The summed E-state index contributed by atoms with van der Waals surface area (Å²) in [6.45, 7) is 17.8. The molecule has 1 heteroatoms. The van der Waals surface area contributed by atoms with Gasteiger partial charge in [-0.25, -0.2) is 0 Å². The highest BCUT2D eigenvalue weighted by Gasteiger charge is 2.11. The molecule has 128 valence electrons. The first-order valence-corrected chi connectivity index (χ1v) is 8.63. The normalized spacial score (nSPS) is 9.62. The van der Waals surface area contributed by atoms with E-state index in [2.05, 4.69) is 61.4 Å². The lowest BCUT2D eigenvalue weighted by Crippen LogP contribution is -2.14. The Hall–Kier alpha value is -2.54. The summed E-state index contributed by atoms with van der Waals surface area (Å²) in [7, 11) is 0. The van der Waals surface area contributed by atoms with Crippen LogP contribution in [0.25, 0.3) is 0 Å². The van der Waals surface area contributed by atoms with E-state index in [0.29, 0.717) is 0 Å². The van der Waals surface area contributed by atoms with Gasteiger partial charge in [-0.2, -0.15) is 0 Å². The summed E-state index contributed by atoms with van der Waals surface area (Å²) in [6.07, 6.45) is 5.58. The van der Waals surface area contributed by atoms with Gasteiger partial charge in [0.2, 0.25) is 0 Å². The fraction of sp³-hybridized carbons (Fsp3) is 0.217. The number of nitrogens with zero attached hydrogens (tertiary/aromatic N) is 1. The number of hydrogen-bond donors (Lipinski definition) is 0. The summed E-state index contributed by atoms with van der Waals surface area (Å²) >= 11 is 0. The third kappa shape index (κ3) is 6.29. The number of allylic oxidation sites excluding steroid dienone is 3. The van der Waals surface area contributed by atoms with Gasteiger partial charge in [0.05, 0.1) is 0 Å². The van der Waals surface area contributed by atoms with Gasteiger partial charge >= 0.3 is 0 Å². The molecule has 0 bridgehead atoms. The molecule has 24 heavy (non-hydrogen) atoms. The first kappa shape index (κ1) is 21.5. The molecule has 2 aromatic rings. The van der Waals surface area contributed by atoms with Crippen molar-refractivity contribution in [3.8, 4) is 0 Å². The van der Waals surface area contributed by atoms with Crippen LogP contribution in [0.15, 0.2) is 91.7 Å². The molecule has 0 unspecified atom stereocenters. The molecule has 0 fully saturated rings. The lowest BCUT2D eigenvalue weighted by atomic mass is 10.1. The SMILES string of the molecule is C=C/C=C(\C=C)N(c1ccccc1)c1ccc(C)cc1.CC.CC. The third-order valence-corrected chi connectivity index (χ3v) is 3.06. The van der Waals surface area contributed by atoms with Crippen LogP contribution in [0.2, 0.25) is 0 Å². The lowest BCUT2D eigenvalue weighted by molar-refractivity contribution is 1.21. The molecule has 0 aliphatic carbocycles. The van der Waals surface area contributed by atoms with E-state index in [0.717, 1.165) is 17.1 Å². The largest absolute Gasteiger partial charge is 0.311 e. The van der Waals surface area contributed by atoms with Crippen molar-refractivity contribution in [1.82, 2.24) is 0 Å². The van der Waals surface area contributed by atoms with Gasteiger partial charge in [0.1, 0.15) is 0 Å². The molecule has 0 aromatic heterocycles. The molecule has 0 N–H and O–H groups in total. The van der Waals surface area contributed by atoms with Crippen LogP contribution >= 0.6 is 0 Å². The van der Waals surface area contributed by atoms with Gasteiger partial charge in [-0.05, 0) is 43.3 Å². The number of benzene rings is 2. The van der Waals surface area contributed by atoms with Crippen LogP contribution in [0.5, 0.6) is 0 Å². The van der Waals surface area contributed by atoms with Crippen molar-refractivity contribution in [3.05, 3.63) is 97.2 Å². The molecular formula is C23H31N. The first-order chi connectivity index (χ1) is 11.8. The highest BCUT2D eigenvalue weighted by Crippen LogP contribution is 2.30. The molecule has 2 rings (SSSR count). The summed E-state index contributed by atoms with van der Waals surface area (Å²) in [4.78, 5) is 2.16. The van der Waals surface area contributed by atoms with E-state index in [4.69, 9.17) is 0 Å². The van der Waals surface area contributed by atoms with Crippen LogP contribution in [0.4, 0.5) is 11.4 Å². The quantitative estimate of drug-likeness (QED) is 0.517. The molecule has 2 aromatic carbocycles. The van der Waals surface area contributed by atoms with Crippen LogP contribution < -0.4 is 4.90 Å². The van der Waals surface area contributed by atoms with E-state index in [-0.39, 0.29) is 0 Å². The second kappa shape index (κ2) is 13.0. The standard InChI is InChI=1S/C19H19N.2C2H6/c1-4-9-17(5-2)20(18-10-7-6-8-11-18)19-14-12-16(3)13-15-19;2*1-2/h4-15H,1-2H2,3H3;2*1-2H3/b17-9+;;. The Morgan fingerprint density at radius 3 is 1.75 bits per heavy atom. The molecule has 1 nitrogen and oxygen atoms in total. The highest BCUT2D eigenvalue weighted by molar-refractivity contribution is 5.70. The van der Waals surface area contributed by atoms with Gasteiger partial charge in [-0.1, -0.05) is 82.8 Å². The minimum absolute atomic E-state index is 0.995. The zero-order valence-electron chi connectivity index (χ0n) is 15.8. The molecule has 0 amide bonds. The monoisotopic (exact) mass is 321 g/mol. The van der Waals surface area contributed by atoms with Crippen LogP contribution in [-0.4, -0.2) is 0 Å². The van der Waals surface area contributed by atoms with E-state index in [1.54, 1.807) is 6.08 Å². The minimum Gasteiger partial charge on any atom is -0.311 e. The highest BCUT2D eigenvalue weighted by atomic mass is 15.1. The van der Waals surface area contributed by atoms with Gasteiger partial charge < -0.3 is 4.90 Å². The minimum atomic E-state index is 0.995. The Morgan fingerprint density at radius 2 is 1.29 bits per heavy atom. The Balaban J connectivity index is 0.00000123. The molecule has 0 saturated carbocycles. The third-order valence-electron chi connectivity index (χ3n) is 3.06. The number of aryl methyl sites for hydroxylation is 1. The van der Waals surface area contributed by atoms with Gasteiger partial charge in [0.25, 0.3) is 0 Å². The Bertz CT molecular complexity index is 606. The first-order valence-electron chi connectivity index (χ1n) is 8.63. The number of anilines is 2. The zero-order chi connectivity index (χ0) is 18.4. The van der Waals surface area contributed by atoms with Gasteiger partial charge in [0.15, 0.2) is 0 Å². The van der Waals surface area contributed by atoms with Gasteiger partial charge in [0, 0.05) is 17.1 Å². The zero-order valence-corrected chi connectivity index (χ0v) is 15.8. The average Bonchev–Trinajstić information content (AvgIpc) is 2.67. The van der Waals surface area contributed by atoms with Crippen molar-refractivity contribution in [3.63, 3.8) is 0 Å². The summed E-state index contributed by atoms with van der Waals surface area (Å²) in [6, 6.07) is 18.7. The second-order valence-electron chi connectivity index (χ2n) is 4.54. The maximum atomic E-state index is 3.91. The summed E-state index contributed by atoms with van der Waals surface area (Å²) in [5.74, 6) is 0. The van der Waals surface area contributed by atoms with E-state index in [9.17, 15) is 0 Å². The van der Waals surface area contributed by atoms with Crippen molar-refractivity contribution < 1.29 is 0 Å². The summed E-state index contributed by atoms with van der Waals surface area (Å²) in [5.41, 5.74) is 4.45. The molecule has 0 spiro atoms. The van der Waals surface area contributed by atoms with Crippen molar-refractivity contribution in [1.29, 1.82) is 0 Å². The fourth-order valence-corrected chi connectivity index (χ4v) is 2.07. The predicted octanol–water partition coefficient (Wildman–Crippen LogP) is 7.44. The molecular weight excluding hydrogens is 290 g/mol. The van der Waals surface area contributed by atoms with Crippen molar-refractivity contribution in [2.45, 2.75) is 34.6 Å². The number of para-hydroxylation sites is 1. The molecule has 0 atom stereocenters. The van der Waals surface area contributed by atoms with Gasteiger partial charge in [-0.3, -0.25) is 0 Å². The molecule has 0 saturated heterocycles. The average molecular weight is 322 g/mol. The predicted molar refractivity (Wildman–Crippen MR) is 111 cm³/mol. The molecule has 0 aliphatic heterocycles. The van der Waals surface area contributed by atoms with Crippen LogP contribution in [0.3, 0.4) is 0 Å². The van der Waals surface area contributed by atoms with Crippen molar-refractivity contribution in [2.24, 2.45) is 0 Å². The molecule has 0 radical (unpaired) electrons. The lowest BCUT2D eigenvalue weighted by Gasteiger charge is -2.26. The number of hydrogen-bond acceptors (Lipinski definition) is 1. The second-order valence-corrected chi connectivity index (χ2v) is 4.54. The maximum absolute atomic E-state index is 3.91. The van der Waals surface area contributed by atoms with E-state index >= 15 is 0 Å². The Labute approximate surface area is 148 Å². The van der Waals surface area contributed by atoms with Crippen molar-refractivity contribution in [2.75, 3.05) is 4.90 Å². The maximum Gasteiger partial charge on any atom is 0.0461 e. The fourth-order valence-electron chi connectivity index (χ4n) is 2.07. The van der Waals surface area contributed by atoms with Crippen LogP contribution in [0, 0.1) is 6.92 Å². The Kier molecular flexibility index (Phi) is 11.6.